The molecule has 0 fully saturated rings. The lowest BCUT2D eigenvalue weighted by Crippen LogP contribution is -2.34. The van der Waals surface area contributed by atoms with Crippen molar-refractivity contribution < 1.29 is 19.1 Å². The van der Waals surface area contributed by atoms with Crippen LogP contribution in [-0.4, -0.2) is 30.5 Å². The van der Waals surface area contributed by atoms with Crippen LogP contribution in [0.15, 0.2) is 71.8 Å². The van der Waals surface area contributed by atoms with Crippen molar-refractivity contribution in [2.45, 2.75) is 6.92 Å². The number of ether oxygens (including phenoxy) is 1. The molecule has 0 saturated carbocycles. The van der Waals surface area contributed by atoms with Gasteiger partial charge in [0.25, 0.3) is 11.8 Å². The van der Waals surface area contributed by atoms with Crippen molar-refractivity contribution in [3.05, 3.63) is 99.0 Å². The third-order valence-electron chi connectivity index (χ3n) is 4.35. The summed E-state index contributed by atoms with van der Waals surface area (Å²) in [4.78, 5) is 36.3. The molecule has 0 aliphatic heterocycles. The Bertz CT molecular complexity index is 1210. The Balaban J connectivity index is 1.51. The summed E-state index contributed by atoms with van der Waals surface area (Å²) in [7, 11) is 0. The fourth-order valence-electron chi connectivity index (χ4n) is 2.66. The number of nitrogens with one attached hydrogen (secondary N) is 2. The van der Waals surface area contributed by atoms with E-state index in [2.05, 4.69) is 15.8 Å². The monoisotopic (exact) mass is 483 g/mol. The normalized spacial score (nSPS) is 10.6. The Labute approximate surface area is 200 Å². The number of benzene rings is 3. The van der Waals surface area contributed by atoms with E-state index in [0.717, 1.165) is 5.56 Å². The Morgan fingerprint density at radius 1 is 1.00 bits per heavy atom. The van der Waals surface area contributed by atoms with Gasteiger partial charge in [0.15, 0.2) is 0 Å². The van der Waals surface area contributed by atoms with Gasteiger partial charge < -0.3 is 10.1 Å². The molecule has 0 atom stereocenters. The van der Waals surface area contributed by atoms with Gasteiger partial charge in [-0.1, -0.05) is 53.0 Å². The summed E-state index contributed by atoms with van der Waals surface area (Å²) in [5, 5.41) is 6.97. The summed E-state index contributed by atoms with van der Waals surface area (Å²) in [5.41, 5.74) is 4.57. The van der Waals surface area contributed by atoms with E-state index in [0.29, 0.717) is 16.1 Å². The summed E-state index contributed by atoms with van der Waals surface area (Å²) in [6.07, 6.45) is 1.38. The lowest BCUT2D eigenvalue weighted by molar-refractivity contribution is -0.120. The maximum atomic E-state index is 12.3. The molecule has 3 aromatic rings. The van der Waals surface area contributed by atoms with Crippen LogP contribution in [0.5, 0.6) is 5.75 Å². The van der Waals surface area contributed by atoms with Crippen molar-refractivity contribution in [1.82, 2.24) is 10.7 Å². The Morgan fingerprint density at radius 3 is 2.48 bits per heavy atom. The lowest BCUT2D eigenvalue weighted by atomic mass is 10.1. The number of amides is 2. The largest absolute Gasteiger partial charge is 0.423 e. The predicted molar refractivity (Wildman–Crippen MR) is 127 cm³/mol. The number of carbonyl (C=O) groups is 3. The third kappa shape index (κ3) is 7.17. The molecule has 0 spiro atoms. The Kier molecular flexibility index (Phi) is 8.18. The summed E-state index contributed by atoms with van der Waals surface area (Å²) < 4.78 is 5.34. The first-order valence-corrected chi connectivity index (χ1v) is 10.5. The second-order valence-corrected chi connectivity index (χ2v) is 7.77. The topological polar surface area (TPSA) is 96.9 Å². The van der Waals surface area contributed by atoms with Gasteiger partial charge in [-0.25, -0.2) is 10.2 Å². The smallest absolute Gasteiger partial charge is 0.345 e. The number of nitrogens with zero attached hydrogens (tertiary/aromatic N) is 1. The number of hydrogen-bond acceptors (Lipinski definition) is 5. The van der Waals surface area contributed by atoms with Crippen LogP contribution in [0.4, 0.5) is 0 Å². The zero-order chi connectivity index (χ0) is 23.8. The van der Waals surface area contributed by atoms with Crippen molar-refractivity contribution >= 4 is 47.2 Å². The van der Waals surface area contributed by atoms with Crippen molar-refractivity contribution in [2.75, 3.05) is 6.54 Å². The number of aryl methyl sites for hydroxylation is 1. The standard InChI is InChI=1S/C24H19Cl2N3O4/c1-15-5-7-17(8-6-15)23(31)27-14-22(30)29-28-13-16-3-2-4-19(11-16)33-24(32)20-10-9-18(25)12-21(20)26/h2-13H,14H2,1H3,(H,27,31)(H,29,30)/b28-13-. The van der Waals surface area contributed by atoms with Crippen LogP contribution >= 0.6 is 23.2 Å². The summed E-state index contributed by atoms with van der Waals surface area (Å²) in [6, 6.07) is 18.0. The number of carbonyl (C=O) groups excluding carboxylic acids is 3. The molecule has 168 valence electrons. The highest BCUT2D eigenvalue weighted by Crippen LogP contribution is 2.23. The van der Waals surface area contributed by atoms with Gasteiger partial charge >= 0.3 is 5.97 Å². The van der Waals surface area contributed by atoms with Gasteiger partial charge in [-0.05, 0) is 55.0 Å². The molecule has 0 aliphatic rings. The minimum absolute atomic E-state index is 0.181. The molecule has 0 aromatic heterocycles. The van der Waals surface area contributed by atoms with Crippen LogP contribution < -0.4 is 15.5 Å². The van der Waals surface area contributed by atoms with Crippen molar-refractivity contribution in [3.8, 4) is 5.75 Å². The molecule has 7 nitrogen and oxygen atoms in total. The maximum Gasteiger partial charge on any atom is 0.345 e. The van der Waals surface area contributed by atoms with E-state index in [4.69, 9.17) is 27.9 Å². The Morgan fingerprint density at radius 2 is 1.76 bits per heavy atom. The van der Waals surface area contributed by atoms with Crippen molar-refractivity contribution in [1.29, 1.82) is 0 Å². The van der Waals surface area contributed by atoms with E-state index in [-0.39, 0.29) is 28.8 Å². The molecule has 2 N–H and O–H groups in total. The molecule has 3 rings (SSSR count). The molecule has 0 radical (unpaired) electrons. The first kappa shape index (κ1) is 24.0. The Hall–Kier alpha value is -3.68. The van der Waals surface area contributed by atoms with Crippen LogP contribution in [0.2, 0.25) is 10.0 Å². The minimum atomic E-state index is -0.636. The van der Waals surface area contributed by atoms with E-state index in [1.807, 2.05) is 19.1 Å². The fraction of sp³-hybridized carbons (Fsp3) is 0.0833. The second-order valence-electron chi connectivity index (χ2n) is 6.93. The van der Waals surface area contributed by atoms with Crippen molar-refractivity contribution in [2.24, 2.45) is 5.10 Å². The molecule has 0 aliphatic carbocycles. The first-order valence-electron chi connectivity index (χ1n) is 9.76. The maximum absolute atomic E-state index is 12.3. The number of rotatable bonds is 7. The predicted octanol–water partition coefficient (Wildman–Crippen LogP) is 4.40. The van der Waals surface area contributed by atoms with Crippen molar-refractivity contribution in [3.63, 3.8) is 0 Å². The molecular formula is C24H19Cl2N3O4. The quantitative estimate of drug-likeness (QED) is 0.225. The highest BCUT2D eigenvalue weighted by molar-refractivity contribution is 6.36. The number of halogens is 2. The average Bonchev–Trinajstić information content (AvgIpc) is 2.78. The van der Waals surface area contributed by atoms with Gasteiger partial charge in [0.1, 0.15) is 5.75 Å². The fourth-order valence-corrected chi connectivity index (χ4v) is 3.15. The number of hydrogen-bond donors (Lipinski definition) is 2. The van der Waals surface area contributed by atoms with E-state index in [1.54, 1.807) is 42.5 Å². The summed E-state index contributed by atoms with van der Waals surface area (Å²) in [5.74, 6) is -1.22. The van der Waals surface area contributed by atoms with Gasteiger partial charge in [-0.15, -0.1) is 0 Å². The molecular weight excluding hydrogens is 465 g/mol. The number of hydrazone groups is 1. The van der Waals surface area contributed by atoms with Gasteiger partial charge in [0.2, 0.25) is 0 Å². The second kappa shape index (κ2) is 11.3. The van der Waals surface area contributed by atoms with Gasteiger partial charge in [-0.2, -0.15) is 5.10 Å². The van der Waals surface area contributed by atoms with E-state index in [9.17, 15) is 14.4 Å². The van der Waals surface area contributed by atoms with E-state index >= 15 is 0 Å². The average molecular weight is 484 g/mol. The van der Waals surface area contributed by atoms with Crippen LogP contribution in [0.3, 0.4) is 0 Å². The van der Waals surface area contributed by atoms with E-state index < -0.39 is 11.9 Å². The highest BCUT2D eigenvalue weighted by atomic mass is 35.5. The third-order valence-corrected chi connectivity index (χ3v) is 4.89. The van der Waals surface area contributed by atoms with Crippen LogP contribution in [0, 0.1) is 6.92 Å². The van der Waals surface area contributed by atoms with Gasteiger partial charge in [-0.3, -0.25) is 9.59 Å². The lowest BCUT2D eigenvalue weighted by Gasteiger charge is -2.07. The zero-order valence-electron chi connectivity index (χ0n) is 17.5. The minimum Gasteiger partial charge on any atom is -0.423 e. The molecule has 0 heterocycles. The van der Waals surface area contributed by atoms with Crippen LogP contribution in [0.25, 0.3) is 0 Å². The van der Waals surface area contributed by atoms with Crippen LogP contribution in [0.1, 0.15) is 31.8 Å². The summed E-state index contributed by atoms with van der Waals surface area (Å²) >= 11 is 11.9. The van der Waals surface area contributed by atoms with Gasteiger partial charge in [0.05, 0.1) is 23.3 Å². The molecule has 0 unspecified atom stereocenters. The zero-order valence-corrected chi connectivity index (χ0v) is 19.0. The van der Waals surface area contributed by atoms with E-state index in [1.165, 1.54) is 18.3 Å². The van der Waals surface area contributed by atoms with Crippen LogP contribution in [-0.2, 0) is 4.79 Å². The SMILES string of the molecule is Cc1ccc(C(=O)NCC(=O)N/N=C\c2cccc(OC(=O)c3ccc(Cl)cc3Cl)c2)cc1. The number of esters is 1. The van der Waals surface area contributed by atoms with Gasteiger partial charge in [0, 0.05) is 10.6 Å². The molecule has 3 aromatic carbocycles. The summed E-state index contributed by atoms with van der Waals surface area (Å²) in [6.45, 7) is 1.69. The first-order chi connectivity index (χ1) is 15.8. The molecule has 0 saturated heterocycles. The molecule has 0 bridgehead atoms. The highest BCUT2D eigenvalue weighted by Gasteiger charge is 2.13. The molecule has 2 amide bonds. The molecule has 33 heavy (non-hydrogen) atoms. The molecule has 9 heteroatoms.